The summed E-state index contributed by atoms with van der Waals surface area (Å²) in [5.41, 5.74) is 0. The Morgan fingerprint density at radius 1 is 1.31 bits per heavy atom. The van der Waals surface area contributed by atoms with Gasteiger partial charge in [-0.3, -0.25) is 0 Å². The number of rotatable bonds is 5. The molecule has 0 atom stereocenters. The molecule has 0 saturated heterocycles. The molecule has 8 heteroatoms. The van der Waals surface area contributed by atoms with Crippen LogP contribution in [0.4, 0.5) is 13.2 Å². The van der Waals surface area contributed by atoms with Gasteiger partial charge in [-0.15, -0.1) is 0 Å². The molecule has 0 aliphatic carbocycles. The van der Waals surface area contributed by atoms with Crippen LogP contribution in [-0.4, -0.2) is 33.6 Å². The van der Waals surface area contributed by atoms with Crippen molar-refractivity contribution in [3.8, 4) is 0 Å². The van der Waals surface area contributed by atoms with Crippen molar-refractivity contribution < 1.29 is 26.3 Å². The summed E-state index contributed by atoms with van der Waals surface area (Å²) in [5, 5.41) is 4.60. The van der Waals surface area contributed by atoms with E-state index in [1.54, 1.807) is 0 Å². The molecule has 0 heterocycles. The van der Waals surface area contributed by atoms with Gasteiger partial charge in [0.15, 0.2) is 0 Å². The van der Waals surface area contributed by atoms with Gasteiger partial charge in [0.1, 0.15) is 6.61 Å². The quantitative estimate of drug-likeness (QED) is 0.676. The van der Waals surface area contributed by atoms with Crippen LogP contribution in [0.3, 0.4) is 0 Å². The SMILES string of the molecule is NS(=O)(=O)CCCOCC(F)(F)F. The van der Waals surface area contributed by atoms with Crippen molar-refractivity contribution in [2.75, 3.05) is 19.0 Å². The van der Waals surface area contributed by atoms with Crippen LogP contribution in [0.2, 0.25) is 0 Å². The Bertz CT molecular complexity index is 236. The van der Waals surface area contributed by atoms with E-state index in [-0.39, 0.29) is 18.8 Å². The molecule has 0 aliphatic rings. The molecule has 4 nitrogen and oxygen atoms in total. The number of nitrogens with two attached hydrogens (primary N) is 1. The molecule has 0 amide bonds. The van der Waals surface area contributed by atoms with Gasteiger partial charge in [0.2, 0.25) is 10.0 Å². The van der Waals surface area contributed by atoms with E-state index in [1.165, 1.54) is 0 Å². The summed E-state index contributed by atoms with van der Waals surface area (Å²) in [6.45, 7) is -1.63. The first-order valence-corrected chi connectivity index (χ1v) is 5.07. The minimum atomic E-state index is -4.37. The number of halogens is 3. The molecular weight excluding hydrogens is 211 g/mol. The number of ether oxygens (including phenoxy) is 1. The van der Waals surface area contributed by atoms with Gasteiger partial charge in [-0.25, -0.2) is 13.6 Å². The van der Waals surface area contributed by atoms with Crippen LogP contribution in [0.25, 0.3) is 0 Å². The number of alkyl halides is 3. The van der Waals surface area contributed by atoms with Crippen LogP contribution in [0, 0.1) is 0 Å². The highest BCUT2D eigenvalue weighted by Crippen LogP contribution is 2.14. The molecule has 0 aromatic heterocycles. The Labute approximate surface area is 73.9 Å². The summed E-state index contributed by atoms with van der Waals surface area (Å²) in [4.78, 5) is 0. The highest BCUT2D eigenvalue weighted by atomic mass is 32.2. The summed E-state index contributed by atoms with van der Waals surface area (Å²) in [5.74, 6) is -0.370. The topological polar surface area (TPSA) is 69.4 Å². The van der Waals surface area contributed by atoms with E-state index < -0.39 is 22.8 Å². The fraction of sp³-hybridized carbons (Fsp3) is 1.00. The summed E-state index contributed by atoms with van der Waals surface area (Å²) >= 11 is 0. The molecular formula is C5H10F3NO3S. The van der Waals surface area contributed by atoms with Crippen LogP contribution >= 0.6 is 0 Å². The van der Waals surface area contributed by atoms with E-state index >= 15 is 0 Å². The maximum atomic E-state index is 11.4. The zero-order chi connectivity index (χ0) is 10.5. The Kier molecular flexibility index (Phi) is 4.65. The molecule has 0 bridgehead atoms. The Hall–Kier alpha value is -0.340. The van der Waals surface area contributed by atoms with Crippen molar-refractivity contribution in [1.82, 2.24) is 0 Å². The van der Waals surface area contributed by atoms with E-state index in [1.807, 2.05) is 0 Å². The molecule has 0 aromatic carbocycles. The first kappa shape index (κ1) is 12.7. The minimum Gasteiger partial charge on any atom is -0.372 e. The van der Waals surface area contributed by atoms with Crippen LogP contribution < -0.4 is 5.14 Å². The van der Waals surface area contributed by atoms with Crippen molar-refractivity contribution in [3.63, 3.8) is 0 Å². The van der Waals surface area contributed by atoms with E-state index in [0.29, 0.717) is 0 Å². The van der Waals surface area contributed by atoms with Crippen molar-refractivity contribution >= 4 is 10.0 Å². The van der Waals surface area contributed by atoms with Crippen LogP contribution in [0.15, 0.2) is 0 Å². The molecule has 0 radical (unpaired) electrons. The maximum Gasteiger partial charge on any atom is 0.411 e. The fourth-order valence-electron chi connectivity index (χ4n) is 0.550. The van der Waals surface area contributed by atoms with Gasteiger partial charge in [-0.1, -0.05) is 0 Å². The van der Waals surface area contributed by atoms with Crippen molar-refractivity contribution in [3.05, 3.63) is 0 Å². The summed E-state index contributed by atoms with van der Waals surface area (Å²) in [6, 6.07) is 0. The number of sulfonamides is 1. The van der Waals surface area contributed by atoms with E-state index in [0.717, 1.165) is 0 Å². The zero-order valence-electron chi connectivity index (χ0n) is 6.67. The van der Waals surface area contributed by atoms with Crippen LogP contribution in [0.1, 0.15) is 6.42 Å². The van der Waals surface area contributed by atoms with E-state index in [4.69, 9.17) is 0 Å². The first-order chi connectivity index (χ1) is 5.71. The Morgan fingerprint density at radius 2 is 1.85 bits per heavy atom. The van der Waals surface area contributed by atoms with Gasteiger partial charge in [0, 0.05) is 6.61 Å². The zero-order valence-corrected chi connectivity index (χ0v) is 7.49. The third-order valence-corrected chi connectivity index (χ3v) is 1.84. The van der Waals surface area contributed by atoms with E-state index in [2.05, 4.69) is 9.88 Å². The lowest BCUT2D eigenvalue weighted by molar-refractivity contribution is -0.173. The first-order valence-electron chi connectivity index (χ1n) is 3.36. The minimum absolute atomic E-state index is 0.0328. The average molecular weight is 221 g/mol. The van der Waals surface area contributed by atoms with Crippen molar-refractivity contribution in [2.24, 2.45) is 5.14 Å². The van der Waals surface area contributed by atoms with Crippen LogP contribution in [0.5, 0.6) is 0 Å². The lowest BCUT2D eigenvalue weighted by atomic mass is 10.5. The van der Waals surface area contributed by atoms with E-state index in [9.17, 15) is 21.6 Å². The standard InChI is InChI=1S/C5H10F3NO3S/c6-5(7,8)4-12-2-1-3-13(9,10)11/h1-4H2,(H2,9,10,11). The molecule has 0 unspecified atom stereocenters. The van der Waals surface area contributed by atoms with Crippen molar-refractivity contribution in [2.45, 2.75) is 12.6 Å². The molecule has 13 heavy (non-hydrogen) atoms. The van der Waals surface area contributed by atoms with Gasteiger partial charge in [-0.05, 0) is 6.42 Å². The number of primary sulfonamides is 1. The summed E-state index contributed by atoms with van der Waals surface area (Å²) in [7, 11) is -3.60. The Balaban J connectivity index is 3.39. The van der Waals surface area contributed by atoms with Gasteiger partial charge in [-0.2, -0.15) is 13.2 Å². The third kappa shape index (κ3) is 11.7. The second-order valence-electron chi connectivity index (χ2n) is 2.39. The smallest absolute Gasteiger partial charge is 0.372 e. The Morgan fingerprint density at radius 3 is 2.23 bits per heavy atom. The number of hydrogen-bond donors (Lipinski definition) is 1. The molecule has 2 N–H and O–H groups in total. The molecule has 0 aliphatic heterocycles. The summed E-state index contributed by atoms with van der Waals surface area (Å²) in [6.07, 6.45) is -4.41. The predicted molar refractivity (Wildman–Crippen MR) is 39.5 cm³/mol. The van der Waals surface area contributed by atoms with Gasteiger partial charge >= 0.3 is 6.18 Å². The maximum absolute atomic E-state index is 11.4. The molecule has 0 rings (SSSR count). The largest absolute Gasteiger partial charge is 0.411 e. The fourth-order valence-corrected chi connectivity index (χ4v) is 1.07. The van der Waals surface area contributed by atoms with Gasteiger partial charge in [0.05, 0.1) is 5.75 Å². The molecule has 0 saturated carbocycles. The third-order valence-electron chi connectivity index (χ3n) is 0.983. The molecule has 0 aromatic rings. The van der Waals surface area contributed by atoms with Gasteiger partial charge in [0.25, 0.3) is 0 Å². The van der Waals surface area contributed by atoms with Gasteiger partial charge < -0.3 is 4.74 Å². The lowest BCUT2D eigenvalue weighted by Gasteiger charge is -2.06. The van der Waals surface area contributed by atoms with Crippen LogP contribution in [-0.2, 0) is 14.8 Å². The number of hydrogen-bond acceptors (Lipinski definition) is 3. The molecule has 0 spiro atoms. The summed E-state index contributed by atoms with van der Waals surface area (Å²) < 4.78 is 59.1. The highest BCUT2D eigenvalue weighted by molar-refractivity contribution is 7.89. The normalized spacial score (nSPS) is 13.2. The predicted octanol–water partition coefficient (Wildman–Crippen LogP) is 0.244. The molecule has 0 fully saturated rings. The van der Waals surface area contributed by atoms with Crippen molar-refractivity contribution in [1.29, 1.82) is 0 Å². The average Bonchev–Trinajstić information content (AvgIpc) is 1.81. The molecule has 80 valence electrons. The monoisotopic (exact) mass is 221 g/mol. The lowest BCUT2D eigenvalue weighted by Crippen LogP contribution is -2.20. The second kappa shape index (κ2) is 4.77. The highest BCUT2D eigenvalue weighted by Gasteiger charge is 2.27. The second-order valence-corrected chi connectivity index (χ2v) is 4.12.